The molecule has 1 rings (SSSR count). The average Bonchev–Trinajstić information content (AvgIpc) is 2.98. The highest BCUT2D eigenvalue weighted by Gasteiger charge is 2.27. The summed E-state index contributed by atoms with van der Waals surface area (Å²) >= 11 is 0. The average molecular weight is 214 g/mol. The molecule has 0 radical (unpaired) electrons. The Bertz CT molecular complexity index is 158. The van der Waals surface area contributed by atoms with Crippen LogP contribution in [0.2, 0.25) is 0 Å². The molecule has 0 aromatic heterocycles. The van der Waals surface area contributed by atoms with Crippen molar-refractivity contribution in [3.63, 3.8) is 0 Å². The third-order valence-corrected chi connectivity index (χ3v) is 2.84. The zero-order chi connectivity index (χ0) is 11.1. The Balaban J connectivity index is 1.96. The predicted octanol–water partition coefficient (Wildman–Crippen LogP) is 1.47. The first-order valence-corrected chi connectivity index (χ1v) is 6.26. The number of hydrogen-bond donors (Lipinski definition) is 1. The van der Waals surface area contributed by atoms with E-state index in [2.05, 4.69) is 18.7 Å². The second-order valence-electron chi connectivity index (χ2n) is 4.85. The molecule has 3 heteroatoms. The molecular weight excluding hydrogens is 188 g/mol. The molecule has 0 spiro atoms. The van der Waals surface area contributed by atoms with Gasteiger partial charge in [-0.15, -0.1) is 0 Å². The Kier molecular flexibility index (Phi) is 6.22. The molecule has 2 N–H and O–H groups in total. The van der Waals surface area contributed by atoms with E-state index >= 15 is 0 Å². The fourth-order valence-corrected chi connectivity index (χ4v) is 1.69. The van der Waals surface area contributed by atoms with Gasteiger partial charge in [0.25, 0.3) is 0 Å². The summed E-state index contributed by atoms with van der Waals surface area (Å²) in [6.07, 6.45) is 3.87. The number of nitrogens with two attached hydrogens (primary N) is 1. The number of rotatable bonds is 9. The second kappa shape index (κ2) is 7.20. The Labute approximate surface area is 94.0 Å². The van der Waals surface area contributed by atoms with Crippen LogP contribution in [0.25, 0.3) is 0 Å². The third kappa shape index (κ3) is 6.13. The van der Waals surface area contributed by atoms with Gasteiger partial charge < -0.3 is 10.5 Å². The van der Waals surface area contributed by atoms with E-state index in [1.165, 1.54) is 19.3 Å². The van der Waals surface area contributed by atoms with Crippen LogP contribution in [0, 0.1) is 5.92 Å². The fourth-order valence-electron chi connectivity index (χ4n) is 1.69. The smallest absolute Gasteiger partial charge is 0.0593 e. The molecule has 1 aliphatic carbocycles. The van der Waals surface area contributed by atoms with Gasteiger partial charge in [-0.3, -0.25) is 4.90 Å². The van der Waals surface area contributed by atoms with Crippen molar-refractivity contribution in [3.05, 3.63) is 0 Å². The topological polar surface area (TPSA) is 38.5 Å². The van der Waals surface area contributed by atoms with Crippen molar-refractivity contribution in [2.24, 2.45) is 11.7 Å². The van der Waals surface area contributed by atoms with E-state index in [1.807, 2.05) is 0 Å². The van der Waals surface area contributed by atoms with Crippen molar-refractivity contribution < 1.29 is 4.74 Å². The van der Waals surface area contributed by atoms with Gasteiger partial charge in [0.1, 0.15) is 0 Å². The van der Waals surface area contributed by atoms with Gasteiger partial charge in [0, 0.05) is 32.3 Å². The predicted molar refractivity (Wildman–Crippen MR) is 63.9 cm³/mol. The first-order valence-electron chi connectivity index (χ1n) is 6.26. The highest BCUT2D eigenvalue weighted by atomic mass is 16.5. The lowest BCUT2D eigenvalue weighted by atomic mass is 10.1. The van der Waals surface area contributed by atoms with Crippen LogP contribution in [0.1, 0.15) is 33.1 Å². The minimum Gasteiger partial charge on any atom is -0.380 e. The maximum Gasteiger partial charge on any atom is 0.0593 e. The second-order valence-corrected chi connectivity index (χ2v) is 4.85. The molecule has 15 heavy (non-hydrogen) atoms. The molecule has 0 amide bonds. The Morgan fingerprint density at radius 1 is 1.27 bits per heavy atom. The number of hydrogen-bond acceptors (Lipinski definition) is 3. The first-order chi connectivity index (χ1) is 7.24. The lowest BCUT2D eigenvalue weighted by molar-refractivity contribution is 0.0945. The van der Waals surface area contributed by atoms with Crippen molar-refractivity contribution in [2.75, 3.05) is 32.8 Å². The first kappa shape index (κ1) is 12.9. The highest BCUT2D eigenvalue weighted by molar-refractivity contribution is 4.84. The van der Waals surface area contributed by atoms with Crippen LogP contribution >= 0.6 is 0 Å². The Morgan fingerprint density at radius 3 is 2.53 bits per heavy atom. The van der Waals surface area contributed by atoms with Crippen LogP contribution in [0.15, 0.2) is 0 Å². The van der Waals surface area contributed by atoms with E-state index in [-0.39, 0.29) is 0 Å². The minimum absolute atomic E-state index is 0.744. The molecule has 0 bridgehead atoms. The number of ether oxygens (including phenoxy) is 1. The highest BCUT2D eigenvalue weighted by Crippen LogP contribution is 2.25. The summed E-state index contributed by atoms with van der Waals surface area (Å²) < 4.78 is 5.62. The van der Waals surface area contributed by atoms with Crippen LogP contribution < -0.4 is 5.73 Å². The monoisotopic (exact) mass is 214 g/mol. The summed E-state index contributed by atoms with van der Waals surface area (Å²) in [6, 6.07) is 0.808. The molecule has 1 aliphatic rings. The summed E-state index contributed by atoms with van der Waals surface area (Å²) in [5, 5.41) is 0. The van der Waals surface area contributed by atoms with E-state index in [0.29, 0.717) is 0 Å². The molecule has 3 nitrogen and oxygen atoms in total. The minimum atomic E-state index is 0.744. The van der Waals surface area contributed by atoms with Crippen molar-refractivity contribution in [1.29, 1.82) is 0 Å². The maximum atomic E-state index is 5.62. The lowest BCUT2D eigenvalue weighted by Gasteiger charge is -2.20. The zero-order valence-electron chi connectivity index (χ0n) is 10.2. The molecule has 1 saturated carbocycles. The molecule has 90 valence electrons. The molecule has 0 atom stereocenters. The van der Waals surface area contributed by atoms with E-state index < -0.39 is 0 Å². The Hall–Kier alpha value is -0.120. The fraction of sp³-hybridized carbons (Fsp3) is 1.00. The van der Waals surface area contributed by atoms with E-state index in [1.54, 1.807) is 0 Å². The zero-order valence-corrected chi connectivity index (χ0v) is 10.2. The summed E-state index contributed by atoms with van der Waals surface area (Å²) in [7, 11) is 0. The quantitative estimate of drug-likeness (QED) is 0.591. The normalized spacial score (nSPS) is 16.6. The molecule has 0 aromatic carbocycles. The third-order valence-electron chi connectivity index (χ3n) is 2.84. The van der Waals surface area contributed by atoms with Gasteiger partial charge in [0.15, 0.2) is 0 Å². The van der Waals surface area contributed by atoms with Gasteiger partial charge in [0.05, 0.1) is 6.61 Å². The van der Waals surface area contributed by atoms with E-state index in [0.717, 1.165) is 44.8 Å². The van der Waals surface area contributed by atoms with Gasteiger partial charge >= 0.3 is 0 Å². The molecule has 1 fully saturated rings. The van der Waals surface area contributed by atoms with Crippen LogP contribution in [-0.2, 0) is 4.74 Å². The van der Waals surface area contributed by atoms with Crippen molar-refractivity contribution in [1.82, 2.24) is 4.90 Å². The standard InChI is InChI=1S/C12H26N2O/c1-11(2)5-9-15-10-8-14(7-6-13)12-3-4-12/h11-12H,3-10,13H2,1-2H3. The van der Waals surface area contributed by atoms with Crippen molar-refractivity contribution in [3.8, 4) is 0 Å². The molecule has 0 unspecified atom stereocenters. The van der Waals surface area contributed by atoms with Gasteiger partial charge in [0.2, 0.25) is 0 Å². The SMILES string of the molecule is CC(C)CCOCCN(CCN)C1CC1. The summed E-state index contributed by atoms with van der Waals surface area (Å²) in [5.74, 6) is 0.744. The molecular formula is C12H26N2O. The Morgan fingerprint density at radius 2 is 2.00 bits per heavy atom. The summed E-state index contributed by atoms with van der Waals surface area (Å²) in [4.78, 5) is 2.47. The largest absolute Gasteiger partial charge is 0.380 e. The van der Waals surface area contributed by atoms with E-state index in [9.17, 15) is 0 Å². The number of nitrogens with zero attached hydrogens (tertiary/aromatic N) is 1. The molecule has 0 aliphatic heterocycles. The van der Waals surface area contributed by atoms with Gasteiger partial charge in [-0.05, 0) is 25.2 Å². The molecule has 0 saturated heterocycles. The maximum absolute atomic E-state index is 5.62. The summed E-state index contributed by atoms with van der Waals surface area (Å²) in [5.41, 5.74) is 5.58. The van der Waals surface area contributed by atoms with Crippen LogP contribution in [-0.4, -0.2) is 43.8 Å². The molecule has 0 aromatic rings. The summed E-state index contributed by atoms with van der Waals surface area (Å²) in [6.45, 7) is 9.07. The van der Waals surface area contributed by atoms with Gasteiger partial charge in [-0.1, -0.05) is 13.8 Å². The van der Waals surface area contributed by atoms with Crippen molar-refractivity contribution in [2.45, 2.75) is 39.2 Å². The van der Waals surface area contributed by atoms with E-state index in [4.69, 9.17) is 10.5 Å². The van der Waals surface area contributed by atoms with Crippen molar-refractivity contribution >= 4 is 0 Å². The van der Waals surface area contributed by atoms with Crippen LogP contribution in [0.5, 0.6) is 0 Å². The van der Waals surface area contributed by atoms with Crippen LogP contribution in [0.3, 0.4) is 0 Å². The molecule has 0 heterocycles. The van der Waals surface area contributed by atoms with Gasteiger partial charge in [-0.2, -0.15) is 0 Å². The van der Waals surface area contributed by atoms with Gasteiger partial charge in [-0.25, -0.2) is 0 Å². The van der Waals surface area contributed by atoms with Crippen LogP contribution in [0.4, 0.5) is 0 Å². The lowest BCUT2D eigenvalue weighted by Crippen LogP contribution is -2.34.